The predicted molar refractivity (Wildman–Crippen MR) is 108 cm³/mol. The fourth-order valence-corrected chi connectivity index (χ4v) is 3.11. The van der Waals surface area contributed by atoms with Gasteiger partial charge in [-0.25, -0.2) is 4.98 Å². The van der Waals surface area contributed by atoms with E-state index in [0.29, 0.717) is 39.4 Å². The summed E-state index contributed by atoms with van der Waals surface area (Å²) in [5.74, 6) is -0.826. The maximum Gasteiger partial charge on any atom is 0.251 e. The van der Waals surface area contributed by atoms with Crippen LogP contribution in [0.3, 0.4) is 0 Å². The first-order valence-corrected chi connectivity index (χ1v) is 9.15. The smallest absolute Gasteiger partial charge is 0.251 e. The van der Waals surface area contributed by atoms with Crippen LogP contribution in [0, 0.1) is 19.8 Å². The first-order chi connectivity index (χ1) is 13.4. The van der Waals surface area contributed by atoms with E-state index in [9.17, 15) is 14.3 Å². The number of carbonyl (C=O) groups excluding carboxylic acids is 1. The van der Waals surface area contributed by atoms with E-state index < -0.39 is 5.95 Å². The number of rotatable bonds is 5. The van der Waals surface area contributed by atoms with Crippen LogP contribution in [0.2, 0.25) is 5.02 Å². The minimum atomic E-state index is -0.559. The standard InChI is InChI=1S/C22H20ClFN2O2/c1-13-6-21(24)25-11-19(13)17-7-16(12-27)8-18(9-17)22(28)26-10-15-3-4-20(23)14(2)5-15/h3-9,11,27H,10,12H2,1-2H3,(H,26,28). The number of nitrogens with zero attached hydrogens (tertiary/aromatic N) is 1. The molecule has 0 aliphatic heterocycles. The lowest BCUT2D eigenvalue weighted by Gasteiger charge is -2.12. The molecule has 0 bridgehead atoms. The van der Waals surface area contributed by atoms with Gasteiger partial charge < -0.3 is 10.4 Å². The Morgan fingerprint density at radius 2 is 1.89 bits per heavy atom. The van der Waals surface area contributed by atoms with Gasteiger partial charge in [0.15, 0.2) is 0 Å². The van der Waals surface area contributed by atoms with Crippen molar-refractivity contribution in [3.05, 3.63) is 87.4 Å². The average Bonchev–Trinajstić information content (AvgIpc) is 2.68. The van der Waals surface area contributed by atoms with Gasteiger partial charge in [-0.05, 0) is 72.0 Å². The third kappa shape index (κ3) is 4.55. The molecule has 0 saturated heterocycles. The van der Waals surface area contributed by atoms with E-state index in [1.807, 2.05) is 19.1 Å². The van der Waals surface area contributed by atoms with E-state index in [0.717, 1.165) is 11.1 Å². The van der Waals surface area contributed by atoms with E-state index in [1.54, 1.807) is 31.2 Å². The molecular formula is C22H20ClFN2O2. The van der Waals surface area contributed by atoms with Gasteiger partial charge in [0.05, 0.1) is 6.61 Å². The number of amides is 1. The van der Waals surface area contributed by atoms with E-state index in [-0.39, 0.29) is 12.5 Å². The van der Waals surface area contributed by atoms with Crippen LogP contribution in [-0.4, -0.2) is 16.0 Å². The molecule has 0 atom stereocenters. The fourth-order valence-electron chi connectivity index (χ4n) is 2.99. The minimum Gasteiger partial charge on any atom is -0.392 e. The van der Waals surface area contributed by atoms with Crippen molar-refractivity contribution in [1.29, 1.82) is 0 Å². The third-order valence-electron chi connectivity index (χ3n) is 4.50. The Morgan fingerprint density at radius 3 is 2.57 bits per heavy atom. The molecule has 6 heteroatoms. The number of hydrogen-bond acceptors (Lipinski definition) is 3. The number of halogens is 2. The molecule has 2 aromatic carbocycles. The van der Waals surface area contributed by atoms with Crippen LogP contribution in [0.15, 0.2) is 48.7 Å². The topological polar surface area (TPSA) is 62.2 Å². The molecule has 0 fully saturated rings. The van der Waals surface area contributed by atoms with Crippen molar-refractivity contribution < 1.29 is 14.3 Å². The Labute approximate surface area is 168 Å². The van der Waals surface area contributed by atoms with E-state index >= 15 is 0 Å². The lowest BCUT2D eigenvalue weighted by molar-refractivity contribution is 0.0950. The second-order valence-corrected chi connectivity index (χ2v) is 7.07. The summed E-state index contributed by atoms with van der Waals surface area (Å²) in [6.07, 6.45) is 1.43. The van der Waals surface area contributed by atoms with Crippen LogP contribution < -0.4 is 5.32 Å². The summed E-state index contributed by atoms with van der Waals surface area (Å²) in [5.41, 5.74) is 4.99. The monoisotopic (exact) mass is 398 g/mol. The fraction of sp³-hybridized carbons (Fsp3) is 0.182. The number of aliphatic hydroxyl groups excluding tert-OH is 1. The molecule has 0 unspecified atom stereocenters. The Balaban J connectivity index is 1.86. The number of hydrogen-bond donors (Lipinski definition) is 2. The predicted octanol–water partition coefficient (Wildman–Crippen LogP) is 4.58. The van der Waals surface area contributed by atoms with Crippen molar-refractivity contribution in [3.8, 4) is 11.1 Å². The molecule has 0 saturated carbocycles. The summed E-state index contributed by atoms with van der Waals surface area (Å²) in [6, 6.07) is 12.0. The second kappa shape index (κ2) is 8.50. The van der Waals surface area contributed by atoms with Crippen molar-refractivity contribution in [3.63, 3.8) is 0 Å². The molecule has 0 aliphatic carbocycles. The van der Waals surface area contributed by atoms with Crippen LogP contribution in [0.5, 0.6) is 0 Å². The molecule has 0 spiro atoms. The van der Waals surface area contributed by atoms with Gasteiger partial charge in [0, 0.05) is 28.9 Å². The number of carbonyl (C=O) groups is 1. The van der Waals surface area contributed by atoms with Gasteiger partial charge in [-0.1, -0.05) is 23.7 Å². The number of benzene rings is 2. The number of pyridine rings is 1. The van der Waals surface area contributed by atoms with Gasteiger partial charge in [-0.15, -0.1) is 0 Å². The molecule has 4 nitrogen and oxygen atoms in total. The van der Waals surface area contributed by atoms with Gasteiger partial charge in [0.2, 0.25) is 5.95 Å². The van der Waals surface area contributed by atoms with Crippen LogP contribution >= 0.6 is 11.6 Å². The molecule has 1 aromatic heterocycles. The summed E-state index contributed by atoms with van der Waals surface area (Å²) < 4.78 is 13.3. The van der Waals surface area contributed by atoms with Gasteiger partial charge in [-0.2, -0.15) is 4.39 Å². The Kier molecular flexibility index (Phi) is 6.07. The molecule has 3 rings (SSSR count). The lowest BCUT2D eigenvalue weighted by atomic mass is 9.98. The van der Waals surface area contributed by atoms with Gasteiger partial charge >= 0.3 is 0 Å². The van der Waals surface area contributed by atoms with Crippen LogP contribution in [0.1, 0.15) is 32.6 Å². The SMILES string of the molecule is Cc1cc(CNC(=O)c2cc(CO)cc(-c3cnc(F)cc3C)c2)ccc1Cl. The summed E-state index contributed by atoms with van der Waals surface area (Å²) in [4.78, 5) is 16.4. The van der Waals surface area contributed by atoms with Crippen LogP contribution in [-0.2, 0) is 13.2 Å². The van der Waals surface area contributed by atoms with Gasteiger partial charge in [-0.3, -0.25) is 4.79 Å². The summed E-state index contributed by atoms with van der Waals surface area (Å²) in [7, 11) is 0. The van der Waals surface area contributed by atoms with E-state index in [1.165, 1.54) is 12.3 Å². The first-order valence-electron chi connectivity index (χ1n) is 8.78. The molecule has 0 aliphatic rings. The van der Waals surface area contributed by atoms with Crippen LogP contribution in [0.4, 0.5) is 4.39 Å². The number of aliphatic hydroxyl groups is 1. The Hall–Kier alpha value is -2.76. The van der Waals surface area contributed by atoms with Gasteiger partial charge in [0.1, 0.15) is 0 Å². The van der Waals surface area contributed by atoms with Crippen molar-refractivity contribution in [2.45, 2.75) is 27.0 Å². The molecule has 1 heterocycles. The summed E-state index contributed by atoms with van der Waals surface area (Å²) >= 11 is 6.03. The molecule has 144 valence electrons. The number of aryl methyl sites for hydroxylation is 2. The number of nitrogens with one attached hydrogen (secondary N) is 1. The zero-order valence-corrected chi connectivity index (χ0v) is 16.3. The molecule has 28 heavy (non-hydrogen) atoms. The van der Waals surface area contributed by atoms with Gasteiger partial charge in [0.25, 0.3) is 5.91 Å². The highest BCUT2D eigenvalue weighted by Gasteiger charge is 2.12. The summed E-state index contributed by atoms with van der Waals surface area (Å²) in [5, 5.41) is 13.1. The lowest BCUT2D eigenvalue weighted by Crippen LogP contribution is -2.23. The summed E-state index contributed by atoms with van der Waals surface area (Å²) in [6.45, 7) is 3.82. The number of aromatic nitrogens is 1. The largest absolute Gasteiger partial charge is 0.392 e. The molecular weight excluding hydrogens is 379 g/mol. The highest BCUT2D eigenvalue weighted by Crippen LogP contribution is 2.26. The molecule has 1 amide bonds. The average molecular weight is 399 g/mol. The van der Waals surface area contributed by atoms with E-state index in [2.05, 4.69) is 10.3 Å². The normalized spacial score (nSPS) is 10.8. The van der Waals surface area contributed by atoms with Crippen molar-refractivity contribution in [2.24, 2.45) is 0 Å². The highest BCUT2D eigenvalue weighted by atomic mass is 35.5. The maximum atomic E-state index is 13.3. The quantitative estimate of drug-likeness (QED) is 0.618. The molecule has 3 aromatic rings. The second-order valence-electron chi connectivity index (χ2n) is 6.66. The third-order valence-corrected chi connectivity index (χ3v) is 4.93. The van der Waals surface area contributed by atoms with Crippen molar-refractivity contribution >= 4 is 17.5 Å². The van der Waals surface area contributed by atoms with Crippen LogP contribution in [0.25, 0.3) is 11.1 Å². The Morgan fingerprint density at radius 1 is 1.11 bits per heavy atom. The maximum absolute atomic E-state index is 13.3. The Bertz CT molecular complexity index is 1040. The zero-order chi connectivity index (χ0) is 20.3. The zero-order valence-electron chi connectivity index (χ0n) is 15.6. The molecule has 2 N–H and O–H groups in total. The van der Waals surface area contributed by atoms with Crippen molar-refractivity contribution in [2.75, 3.05) is 0 Å². The highest BCUT2D eigenvalue weighted by molar-refractivity contribution is 6.31. The minimum absolute atomic E-state index is 0.210. The molecule has 0 radical (unpaired) electrons. The first kappa shape index (κ1) is 20.0. The van der Waals surface area contributed by atoms with Crippen molar-refractivity contribution in [1.82, 2.24) is 10.3 Å². The van der Waals surface area contributed by atoms with E-state index in [4.69, 9.17) is 11.6 Å².